The molecule has 4 nitrogen and oxygen atoms in total. The van der Waals surface area contributed by atoms with E-state index in [4.69, 9.17) is 0 Å². The molecule has 0 fully saturated rings. The monoisotopic (exact) mass is 224 g/mol. The number of hydrogen-bond donors (Lipinski definition) is 0. The molecule has 0 aliphatic heterocycles. The molecule has 0 atom stereocenters. The van der Waals surface area contributed by atoms with Crippen LogP contribution in [0.25, 0.3) is 5.69 Å². The van der Waals surface area contributed by atoms with Crippen molar-refractivity contribution in [3.8, 4) is 5.69 Å². The van der Waals surface area contributed by atoms with Gasteiger partial charge in [-0.2, -0.15) is 15.0 Å². The van der Waals surface area contributed by atoms with Crippen molar-refractivity contribution in [1.82, 2.24) is 20.0 Å². The summed E-state index contributed by atoms with van der Waals surface area (Å²) in [7, 11) is 0. The average molecular weight is 225 g/mol. The lowest BCUT2D eigenvalue weighted by Crippen LogP contribution is -1.98. The van der Waals surface area contributed by atoms with Crippen molar-refractivity contribution in [1.29, 1.82) is 0 Å². The fourth-order valence-electron chi connectivity index (χ4n) is 0.835. The lowest BCUT2D eigenvalue weighted by atomic mass is 10.4. The van der Waals surface area contributed by atoms with Gasteiger partial charge >= 0.3 is 0 Å². The molecule has 0 aliphatic carbocycles. The molecule has 0 bridgehead atoms. The van der Waals surface area contributed by atoms with E-state index in [1.54, 1.807) is 18.6 Å². The minimum absolute atomic E-state index is 0.804. The number of nitrogens with zero attached hydrogens (tertiary/aromatic N) is 4. The Morgan fingerprint density at radius 3 is 2.50 bits per heavy atom. The van der Waals surface area contributed by atoms with Gasteiger partial charge in [0.25, 0.3) is 0 Å². The zero-order chi connectivity index (χ0) is 8.39. The summed E-state index contributed by atoms with van der Waals surface area (Å²) in [4.78, 5) is 5.56. The first-order valence-electron chi connectivity index (χ1n) is 3.34. The summed E-state index contributed by atoms with van der Waals surface area (Å²) in [5, 5.41) is 7.93. The quantitative estimate of drug-likeness (QED) is 0.689. The summed E-state index contributed by atoms with van der Waals surface area (Å²) >= 11 is 3.25. The normalized spacial score (nSPS) is 10.1. The minimum atomic E-state index is 0.804. The number of aromatic nitrogens is 4. The average Bonchev–Trinajstić information content (AvgIpc) is 2.58. The molecule has 2 heterocycles. The molecular formula is C7H5BrN4. The number of pyridine rings is 1. The second-order valence-corrected chi connectivity index (χ2v) is 2.97. The third-order valence-corrected chi connectivity index (χ3v) is 1.83. The van der Waals surface area contributed by atoms with Gasteiger partial charge in [0.05, 0.1) is 18.6 Å². The van der Waals surface area contributed by atoms with Gasteiger partial charge in [-0.05, 0) is 28.1 Å². The molecule has 12 heavy (non-hydrogen) atoms. The fourth-order valence-corrected chi connectivity index (χ4v) is 1.07. The molecular weight excluding hydrogens is 220 g/mol. The Hall–Kier alpha value is -1.23. The summed E-state index contributed by atoms with van der Waals surface area (Å²) < 4.78 is 0.804. The van der Waals surface area contributed by atoms with Gasteiger partial charge in [-0.1, -0.05) is 0 Å². The van der Waals surface area contributed by atoms with Crippen LogP contribution in [-0.2, 0) is 0 Å². The first-order valence-corrected chi connectivity index (χ1v) is 4.14. The third kappa shape index (κ3) is 1.35. The second kappa shape index (κ2) is 3.02. The number of halogens is 1. The van der Waals surface area contributed by atoms with E-state index >= 15 is 0 Å². The Kier molecular flexibility index (Phi) is 1.87. The molecule has 2 rings (SSSR count). The molecule has 2 aromatic heterocycles. The molecule has 0 spiro atoms. The Morgan fingerprint density at radius 2 is 1.92 bits per heavy atom. The number of hydrogen-bond acceptors (Lipinski definition) is 3. The highest BCUT2D eigenvalue weighted by molar-refractivity contribution is 9.10. The van der Waals surface area contributed by atoms with E-state index in [0.29, 0.717) is 0 Å². The Morgan fingerprint density at radius 1 is 1.17 bits per heavy atom. The molecule has 0 radical (unpaired) electrons. The van der Waals surface area contributed by atoms with Crippen molar-refractivity contribution in [3.63, 3.8) is 0 Å². The smallest absolute Gasteiger partial charge is 0.106 e. The fraction of sp³-hybridized carbons (Fsp3) is 0. The standard InChI is InChI=1S/C7H5BrN4/c8-7-2-1-6(5-9-7)12-10-3-4-11-12/h1-5H. The topological polar surface area (TPSA) is 43.6 Å². The van der Waals surface area contributed by atoms with E-state index < -0.39 is 0 Å². The summed E-state index contributed by atoms with van der Waals surface area (Å²) in [5.74, 6) is 0. The molecule has 5 heteroatoms. The first-order chi connectivity index (χ1) is 5.86. The molecule has 2 aromatic rings. The second-order valence-electron chi connectivity index (χ2n) is 2.16. The molecule has 0 saturated carbocycles. The van der Waals surface area contributed by atoms with Crippen molar-refractivity contribution in [2.45, 2.75) is 0 Å². The van der Waals surface area contributed by atoms with Gasteiger partial charge in [-0.25, -0.2) is 4.98 Å². The molecule has 0 amide bonds. The maximum absolute atomic E-state index is 4.05. The van der Waals surface area contributed by atoms with Crippen molar-refractivity contribution < 1.29 is 0 Å². The van der Waals surface area contributed by atoms with E-state index in [1.165, 1.54) is 4.80 Å². The molecule has 0 aromatic carbocycles. The van der Waals surface area contributed by atoms with Crippen LogP contribution in [0.1, 0.15) is 0 Å². The summed E-state index contributed by atoms with van der Waals surface area (Å²) in [6.45, 7) is 0. The molecule has 0 aliphatic rings. The molecule has 0 N–H and O–H groups in total. The minimum Gasteiger partial charge on any atom is -0.247 e. The lowest BCUT2D eigenvalue weighted by molar-refractivity contribution is 0.748. The first kappa shape index (κ1) is 7.42. The van der Waals surface area contributed by atoms with Gasteiger partial charge in [0.15, 0.2) is 0 Å². The third-order valence-electron chi connectivity index (χ3n) is 1.36. The Bertz CT molecular complexity index is 353. The molecule has 0 saturated heterocycles. The van der Waals surface area contributed by atoms with Gasteiger partial charge in [0.1, 0.15) is 10.3 Å². The van der Waals surface area contributed by atoms with E-state index in [2.05, 4.69) is 31.1 Å². The maximum atomic E-state index is 4.05. The van der Waals surface area contributed by atoms with Gasteiger partial charge < -0.3 is 0 Å². The highest BCUT2D eigenvalue weighted by Gasteiger charge is 1.96. The van der Waals surface area contributed by atoms with Gasteiger partial charge in [-0.3, -0.25) is 0 Å². The van der Waals surface area contributed by atoms with Crippen LogP contribution in [0.3, 0.4) is 0 Å². The number of rotatable bonds is 1. The van der Waals surface area contributed by atoms with Crippen LogP contribution in [0, 0.1) is 0 Å². The summed E-state index contributed by atoms with van der Waals surface area (Å²) in [5.41, 5.74) is 0.850. The van der Waals surface area contributed by atoms with Crippen LogP contribution >= 0.6 is 15.9 Å². The van der Waals surface area contributed by atoms with E-state index in [0.717, 1.165) is 10.3 Å². The van der Waals surface area contributed by atoms with Crippen LogP contribution in [0.5, 0.6) is 0 Å². The molecule has 0 unspecified atom stereocenters. The van der Waals surface area contributed by atoms with Crippen molar-refractivity contribution in [3.05, 3.63) is 35.3 Å². The Balaban J connectivity index is 2.43. The zero-order valence-corrected chi connectivity index (χ0v) is 7.64. The van der Waals surface area contributed by atoms with Gasteiger partial charge in [0, 0.05) is 0 Å². The van der Waals surface area contributed by atoms with Crippen molar-refractivity contribution in [2.24, 2.45) is 0 Å². The van der Waals surface area contributed by atoms with Gasteiger partial charge in [-0.15, -0.1) is 0 Å². The van der Waals surface area contributed by atoms with E-state index in [9.17, 15) is 0 Å². The van der Waals surface area contributed by atoms with E-state index in [1.807, 2.05) is 12.1 Å². The zero-order valence-electron chi connectivity index (χ0n) is 6.05. The van der Waals surface area contributed by atoms with Crippen LogP contribution in [0.4, 0.5) is 0 Å². The summed E-state index contributed by atoms with van der Waals surface area (Å²) in [6.07, 6.45) is 4.95. The van der Waals surface area contributed by atoms with E-state index in [-0.39, 0.29) is 0 Å². The van der Waals surface area contributed by atoms with Crippen molar-refractivity contribution in [2.75, 3.05) is 0 Å². The largest absolute Gasteiger partial charge is 0.247 e. The predicted molar refractivity (Wildman–Crippen MR) is 46.9 cm³/mol. The summed E-state index contributed by atoms with van der Waals surface area (Å²) in [6, 6.07) is 3.73. The highest BCUT2D eigenvalue weighted by Crippen LogP contribution is 2.07. The van der Waals surface area contributed by atoms with Crippen LogP contribution in [0.2, 0.25) is 0 Å². The lowest BCUT2D eigenvalue weighted by Gasteiger charge is -1.96. The SMILES string of the molecule is Brc1ccc(-n2nccn2)cn1. The highest BCUT2D eigenvalue weighted by atomic mass is 79.9. The Labute approximate surface area is 77.4 Å². The van der Waals surface area contributed by atoms with Crippen LogP contribution < -0.4 is 0 Å². The van der Waals surface area contributed by atoms with Crippen molar-refractivity contribution >= 4 is 15.9 Å². The molecule has 60 valence electrons. The van der Waals surface area contributed by atoms with Crippen LogP contribution in [-0.4, -0.2) is 20.0 Å². The maximum Gasteiger partial charge on any atom is 0.106 e. The van der Waals surface area contributed by atoms with Gasteiger partial charge in [0.2, 0.25) is 0 Å². The van der Waals surface area contributed by atoms with Crippen LogP contribution in [0.15, 0.2) is 35.3 Å². The predicted octanol–water partition coefficient (Wildman–Crippen LogP) is 1.42.